The summed E-state index contributed by atoms with van der Waals surface area (Å²) < 4.78 is 16.7. The molecule has 0 radical (unpaired) electrons. The van der Waals surface area contributed by atoms with E-state index in [2.05, 4.69) is 22.5 Å². The van der Waals surface area contributed by atoms with Gasteiger partial charge in [-0.2, -0.15) is 11.8 Å². The third-order valence-electron chi connectivity index (χ3n) is 7.49. The van der Waals surface area contributed by atoms with Gasteiger partial charge in [-0.05, 0) is 26.3 Å². The normalized spacial score (nSPS) is 29.1. The van der Waals surface area contributed by atoms with Crippen LogP contribution in [-0.2, 0) is 33.4 Å². The Morgan fingerprint density at radius 2 is 1.88 bits per heavy atom. The Labute approximate surface area is 242 Å². The number of carbonyl (C=O) groups is 4. The molecule has 3 fully saturated rings. The summed E-state index contributed by atoms with van der Waals surface area (Å²) >= 11 is 1.86. The first-order valence-electron chi connectivity index (χ1n) is 14.5. The lowest BCUT2D eigenvalue weighted by atomic mass is 9.88. The van der Waals surface area contributed by atoms with Crippen LogP contribution in [0.5, 0.6) is 0 Å². The minimum atomic E-state index is -0.484. The minimum absolute atomic E-state index is 0.0561. The molecule has 3 rings (SSSR count). The van der Waals surface area contributed by atoms with Gasteiger partial charge in [-0.25, -0.2) is 0 Å². The zero-order valence-electron chi connectivity index (χ0n) is 24.4. The monoisotopic (exact) mass is 584 g/mol. The Kier molecular flexibility index (Phi) is 15.8. The van der Waals surface area contributed by atoms with Crippen molar-refractivity contribution in [3.8, 4) is 0 Å². The fourth-order valence-corrected chi connectivity index (χ4v) is 7.16. The highest BCUT2D eigenvalue weighted by Crippen LogP contribution is 2.42. The molecule has 3 saturated heterocycles. The number of unbranched alkanes of at least 4 members (excludes halogenated alkanes) is 1. The Morgan fingerprint density at radius 3 is 2.55 bits per heavy atom. The van der Waals surface area contributed by atoms with Crippen molar-refractivity contribution in [2.75, 3.05) is 45.9 Å². The molecule has 0 aromatic heterocycles. The Hall–Kier alpha value is -1.99. The molecule has 228 valence electrons. The van der Waals surface area contributed by atoms with E-state index >= 15 is 0 Å². The molecule has 3 heterocycles. The summed E-state index contributed by atoms with van der Waals surface area (Å²) in [5, 5.41) is 9.34. The van der Waals surface area contributed by atoms with Crippen LogP contribution < -0.4 is 16.0 Å². The van der Waals surface area contributed by atoms with Crippen LogP contribution in [0.15, 0.2) is 12.7 Å². The number of nitrogens with one attached hydrogen (secondary N) is 3. The number of thioether (sulfide) groups is 1. The Balaban J connectivity index is 0.00000274. The SMILES string of the molecule is C=CC1OC(CC)C2C(=O)N(CCOCCOCNC(=O)CCCCC3SCC(NC=O)C3NC)C(=O)C12.CC. The molecule has 7 unspecified atom stereocenters. The fourth-order valence-electron chi connectivity index (χ4n) is 5.54. The van der Waals surface area contributed by atoms with Crippen molar-refractivity contribution in [2.24, 2.45) is 11.8 Å². The van der Waals surface area contributed by atoms with E-state index in [1.165, 1.54) is 4.90 Å². The van der Waals surface area contributed by atoms with Crippen molar-refractivity contribution in [1.29, 1.82) is 0 Å². The van der Waals surface area contributed by atoms with Crippen molar-refractivity contribution in [2.45, 2.75) is 82.4 Å². The van der Waals surface area contributed by atoms with Crippen molar-refractivity contribution in [3.05, 3.63) is 12.7 Å². The van der Waals surface area contributed by atoms with Crippen LogP contribution in [-0.4, -0.2) is 104 Å². The van der Waals surface area contributed by atoms with Crippen LogP contribution in [0.4, 0.5) is 0 Å². The third-order valence-corrected chi connectivity index (χ3v) is 9.00. The largest absolute Gasteiger partial charge is 0.377 e. The highest BCUT2D eigenvalue weighted by molar-refractivity contribution is 8.00. The average molecular weight is 585 g/mol. The lowest BCUT2D eigenvalue weighted by molar-refractivity contribution is -0.144. The molecule has 40 heavy (non-hydrogen) atoms. The maximum absolute atomic E-state index is 12.8. The van der Waals surface area contributed by atoms with Gasteiger partial charge in [0.1, 0.15) is 6.73 Å². The van der Waals surface area contributed by atoms with E-state index in [1.807, 2.05) is 39.6 Å². The second-order valence-corrected chi connectivity index (χ2v) is 11.0. The zero-order valence-corrected chi connectivity index (χ0v) is 25.2. The molecule has 12 heteroatoms. The number of imide groups is 1. The van der Waals surface area contributed by atoms with Crippen LogP contribution in [0.1, 0.15) is 52.9 Å². The predicted octanol–water partition coefficient (Wildman–Crippen LogP) is 1.46. The maximum Gasteiger partial charge on any atom is 0.236 e. The third kappa shape index (κ3) is 9.01. The first-order chi connectivity index (χ1) is 19.5. The quantitative estimate of drug-likeness (QED) is 0.0719. The summed E-state index contributed by atoms with van der Waals surface area (Å²) in [6, 6.07) is 0.397. The van der Waals surface area contributed by atoms with Gasteiger partial charge in [0.25, 0.3) is 0 Å². The summed E-state index contributed by atoms with van der Waals surface area (Å²) in [7, 11) is 1.91. The first kappa shape index (κ1) is 34.2. The van der Waals surface area contributed by atoms with Gasteiger partial charge >= 0.3 is 0 Å². The van der Waals surface area contributed by atoms with E-state index in [0.29, 0.717) is 24.7 Å². The maximum atomic E-state index is 12.8. The summed E-state index contributed by atoms with van der Waals surface area (Å²) in [4.78, 5) is 49.6. The van der Waals surface area contributed by atoms with Gasteiger partial charge < -0.3 is 30.2 Å². The van der Waals surface area contributed by atoms with Gasteiger partial charge in [-0.15, -0.1) is 6.58 Å². The van der Waals surface area contributed by atoms with Crippen LogP contribution in [0.2, 0.25) is 0 Å². The van der Waals surface area contributed by atoms with E-state index < -0.39 is 17.9 Å². The summed E-state index contributed by atoms with van der Waals surface area (Å²) in [6.07, 6.45) is 5.51. The second kappa shape index (κ2) is 18.4. The highest BCUT2D eigenvalue weighted by Gasteiger charge is 2.58. The van der Waals surface area contributed by atoms with Crippen LogP contribution in [0, 0.1) is 11.8 Å². The number of likely N-dealkylation sites (N-methyl/N-ethyl adjacent to an activating group) is 1. The molecule has 0 aromatic rings. The van der Waals surface area contributed by atoms with Gasteiger partial charge in [0.15, 0.2) is 0 Å². The molecule has 0 spiro atoms. The van der Waals surface area contributed by atoms with E-state index in [0.717, 1.165) is 31.4 Å². The minimum Gasteiger partial charge on any atom is -0.377 e. The van der Waals surface area contributed by atoms with Gasteiger partial charge in [0.05, 0.1) is 56.5 Å². The number of carbonyl (C=O) groups excluding carboxylic acids is 4. The molecule has 7 atom stereocenters. The second-order valence-electron chi connectivity index (χ2n) is 9.75. The average Bonchev–Trinajstić information content (AvgIpc) is 3.62. The van der Waals surface area contributed by atoms with Crippen molar-refractivity contribution < 1.29 is 33.4 Å². The molecule has 3 N–H and O–H groups in total. The molecule has 3 aliphatic heterocycles. The summed E-state index contributed by atoms with van der Waals surface area (Å²) in [6.45, 7) is 10.8. The zero-order chi connectivity index (χ0) is 29.5. The number of ether oxygens (including phenoxy) is 3. The number of hydrogen-bond acceptors (Lipinski definition) is 9. The highest BCUT2D eigenvalue weighted by atomic mass is 32.2. The number of amides is 4. The topological polar surface area (TPSA) is 135 Å². The van der Waals surface area contributed by atoms with Crippen LogP contribution in [0.25, 0.3) is 0 Å². The van der Waals surface area contributed by atoms with Gasteiger partial charge in [-0.3, -0.25) is 24.1 Å². The van der Waals surface area contributed by atoms with Gasteiger partial charge in [0, 0.05) is 23.5 Å². The van der Waals surface area contributed by atoms with E-state index in [4.69, 9.17) is 14.2 Å². The molecule has 0 saturated carbocycles. The summed E-state index contributed by atoms with van der Waals surface area (Å²) in [5.74, 6) is -0.488. The lowest BCUT2D eigenvalue weighted by Gasteiger charge is -2.22. The molecule has 3 aliphatic rings. The van der Waals surface area contributed by atoms with Gasteiger partial charge in [-0.1, -0.05) is 33.3 Å². The molecular weight excluding hydrogens is 536 g/mol. The molecular formula is C28H48N4O7S. The van der Waals surface area contributed by atoms with Crippen molar-refractivity contribution in [3.63, 3.8) is 0 Å². The predicted molar refractivity (Wildman–Crippen MR) is 155 cm³/mol. The molecule has 4 amide bonds. The van der Waals surface area contributed by atoms with Gasteiger partial charge in [0.2, 0.25) is 24.1 Å². The molecule has 0 aliphatic carbocycles. The van der Waals surface area contributed by atoms with Crippen LogP contribution in [0.3, 0.4) is 0 Å². The van der Waals surface area contributed by atoms with Crippen molar-refractivity contribution >= 4 is 35.9 Å². The smallest absolute Gasteiger partial charge is 0.236 e. The molecule has 11 nitrogen and oxygen atoms in total. The van der Waals surface area contributed by atoms with E-state index in [9.17, 15) is 19.2 Å². The van der Waals surface area contributed by atoms with E-state index in [1.54, 1.807) is 6.08 Å². The number of nitrogens with zero attached hydrogens (tertiary/aromatic N) is 1. The molecule has 0 bridgehead atoms. The van der Waals surface area contributed by atoms with Crippen LogP contribution >= 0.6 is 11.8 Å². The first-order valence-corrected chi connectivity index (χ1v) is 15.6. The molecule has 0 aromatic carbocycles. The summed E-state index contributed by atoms with van der Waals surface area (Å²) in [5.41, 5.74) is 0. The standard InChI is InChI=1S/C26H42N4O7S.C2H6/c1-4-18-22-23(19(5-2)37-18)26(34)30(25(22)33)10-11-35-12-13-36-16-29-21(32)9-7-6-8-20-24(27-3)17(14-38-20)28-15-31;1-2/h4,15,17-20,22-24,27H,1,5-14,16H2,2-3H3,(H,28,31)(H,29,32);1-2H3. The fraction of sp³-hybridized carbons (Fsp3) is 0.786. The Bertz CT molecular complexity index is 832. The lowest BCUT2D eigenvalue weighted by Crippen LogP contribution is -2.48. The Morgan fingerprint density at radius 1 is 1.15 bits per heavy atom. The number of hydrogen-bond donors (Lipinski definition) is 3. The van der Waals surface area contributed by atoms with Crippen molar-refractivity contribution in [1.82, 2.24) is 20.9 Å². The number of fused-ring (bicyclic) bond motifs is 1. The number of likely N-dealkylation sites (tertiary alicyclic amines) is 1. The number of rotatable bonds is 18. The van der Waals surface area contributed by atoms with E-state index in [-0.39, 0.29) is 62.4 Å².